The fraction of sp³-hybridized carbons (Fsp3) is 0.385. The number of hydrogen-bond acceptors (Lipinski definition) is 4. The van der Waals surface area contributed by atoms with Gasteiger partial charge in [-0.25, -0.2) is 13.4 Å². The summed E-state index contributed by atoms with van der Waals surface area (Å²) in [5, 5.41) is 0.0583. The molecule has 0 saturated carbocycles. The molecule has 3 heterocycles. The molecule has 1 aliphatic rings. The Bertz CT molecular complexity index is 745. The number of pyridine rings is 1. The van der Waals surface area contributed by atoms with Gasteiger partial charge in [0.15, 0.2) is 0 Å². The molecule has 0 bridgehead atoms. The second-order valence-electron chi connectivity index (χ2n) is 5.01. The van der Waals surface area contributed by atoms with Crippen LogP contribution in [0.3, 0.4) is 0 Å². The molecule has 1 fully saturated rings. The van der Waals surface area contributed by atoms with E-state index in [1.165, 1.54) is 15.2 Å². The molecule has 1 saturated heterocycles. The molecule has 0 amide bonds. The summed E-state index contributed by atoms with van der Waals surface area (Å²) in [4.78, 5) is 7.92. The number of aromatic nitrogens is 3. The Morgan fingerprint density at radius 3 is 2.67 bits per heavy atom. The van der Waals surface area contributed by atoms with E-state index in [0.29, 0.717) is 6.54 Å². The third-order valence-electron chi connectivity index (χ3n) is 3.68. The van der Waals surface area contributed by atoms with Crippen LogP contribution < -0.4 is 0 Å². The van der Waals surface area contributed by atoms with E-state index in [4.69, 9.17) is 11.6 Å². The molecule has 2 aromatic rings. The van der Waals surface area contributed by atoms with E-state index >= 15 is 0 Å². The van der Waals surface area contributed by atoms with Crippen molar-refractivity contribution >= 4 is 21.6 Å². The van der Waals surface area contributed by atoms with Gasteiger partial charge >= 0.3 is 0 Å². The van der Waals surface area contributed by atoms with E-state index in [2.05, 4.69) is 9.97 Å². The number of sulfonamides is 1. The normalized spacial score (nSPS) is 20.0. The van der Waals surface area contributed by atoms with Gasteiger partial charge in [-0.3, -0.25) is 4.98 Å². The second-order valence-corrected chi connectivity index (χ2v) is 7.17. The van der Waals surface area contributed by atoms with E-state index < -0.39 is 10.0 Å². The van der Waals surface area contributed by atoms with Gasteiger partial charge in [-0.2, -0.15) is 4.31 Å². The monoisotopic (exact) mass is 326 g/mol. The maximum absolute atomic E-state index is 12.8. The van der Waals surface area contributed by atoms with E-state index in [1.54, 1.807) is 19.4 Å². The largest absolute Gasteiger partial charge is 0.324 e. The zero-order valence-electron chi connectivity index (χ0n) is 11.5. The van der Waals surface area contributed by atoms with Crippen LogP contribution in [0.5, 0.6) is 0 Å². The fourth-order valence-electron chi connectivity index (χ4n) is 2.62. The molecule has 1 atom stereocenters. The summed E-state index contributed by atoms with van der Waals surface area (Å²) in [7, 11) is -2.03. The van der Waals surface area contributed by atoms with Crippen molar-refractivity contribution in [1.29, 1.82) is 0 Å². The van der Waals surface area contributed by atoms with Crippen LogP contribution in [-0.4, -0.2) is 33.8 Å². The minimum absolute atomic E-state index is 0.0763. The predicted molar refractivity (Wildman–Crippen MR) is 78.3 cm³/mol. The first-order valence-electron chi connectivity index (χ1n) is 6.60. The lowest BCUT2D eigenvalue weighted by atomic mass is 10.1. The number of rotatable bonds is 3. The molecule has 1 aliphatic heterocycles. The molecule has 1 unspecified atom stereocenters. The maximum atomic E-state index is 12.8. The Balaban J connectivity index is 2.00. The standard InChI is InChI=1S/C13H15ClN4O2S/c1-17-9-16-13(12(17)14)21(19,20)18-8-2-3-11(18)10-4-6-15-7-5-10/h4-7,9,11H,2-3,8H2,1H3. The SMILES string of the molecule is Cn1cnc(S(=O)(=O)N2CCCC2c2ccncc2)c1Cl. The van der Waals surface area contributed by atoms with Gasteiger partial charge in [-0.15, -0.1) is 0 Å². The van der Waals surface area contributed by atoms with Gasteiger partial charge in [-0.1, -0.05) is 11.6 Å². The minimum Gasteiger partial charge on any atom is -0.324 e. The maximum Gasteiger partial charge on any atom is 0.264 e. The first-order valence-corrected chi connectivity index (χ1v) is 8.42. The highest BCUT2D eigenvalue weighted by Crippen LogP contribution is 2.37. The molecule has 2 aromatic heterocycles. The van der Waals surface area contributed by atoms with Crippen LogP contribution in [0.4, 0.5) is 0 Å². The fourth-order valence-corrected chi connectivity index (χ4v) is 4.70. The van der Waals surface area contributed by atoms with E-state index in [9.17, 15) is 8.42 Å². The summed E-state index contributed by atoms with van der Waals surface area (Å²) >= 11 is 6.05. The average Bonchev–Trinajstić information content (AvgIpc) is 3.09. The quantitative estimate of drug-likeness (QED) is 0.865. The molecule has 0 spiro atoms. The van der Waals surface area contributed by atoms with Crippen LogP contribution in [0.1, 0.15) is 24.4 Å². The highest BCUT2D eigenvalue weighted by Gasteiger charge is 2.38. The molecular formula is C13H15ClN4O2S. The zero-order chi connectivity index (χ0) is 15.0. The third-order valence-corrected chi connectivity index (χ3v) is 6.08. The van der Waals surface area contributed by atoms with Gasteiger partial charge < -0.3 is 4.57 Å². The topological polar surface area (TPSA) is 68.1 Å². The van der Waals surface area contributed by atoms with Crippen LogP contribution in [0, 0.1) is 0 Å². The number of hydrogen-bond donors (Lipinski definition) is 0. The van der Waals surface area contributed by atoms with Crippen molar-refractivity contribution < 1.29 is 8.42 Å². The average molecular weight is 327 g/mol. The Morgan fingerprint density at radius 1 is 1.33 bits per heavy atom. The number of imidazole rings is 1. The van der Waals surface area contributed by atoms with Crippen LogP contribution in [-0.2, 0) is 17.1 Å². The number of nitrogens with zero attached hydrogens (tertiary/aromatic N) is 4. The van der Waals surface area contributed by atoms with Gasteiger partial charge in [0.25, 0.3) is 10.0 Å². The number of halogens is 1. The summed E-state index contributed by atoms with van der Waals surface area (Å²) in [5.41, 5.74) is 0.943. The summed E-state index contributed by atoms with van der Waals surface area (Å²) in [6, 6.07) is 3.51. The lowest BCUT2D eigenvalue weighted by Gasteiger charge is -2.23. The van der Waals surface area contributed by atoms with Crippen LogP contribution in [0.15, 0.2) is 35.9 Å². The first kappa shape index (κ1) is 14.5. The van der Waals surface area contributed by atoms with Crippen LogP contribution >= 0.6 is 11.6 Å². The van der Waals surface area contributed by atoms with Crippen molar-refractivity contribution in [1.82, 2.24) is 18.8 Å². The van der Waals surface area contributed by atoms with E-state index in [1.807, 2.05) is 12.1 Å². The van der Waals surface area contributed by atoms with Gasteiger partial charge in [-0.05, 0) is 30.5 Å². The molecular weight excluding hydrogens is 312 g/mol. The highest BCUT2D eigenvalue weighted by molar-refractivity contribution is 7.89. The van der Waals surface area contributed by atoms with Crippen molar-refractivity contribution in [2.24, 2.45) is 7.05 Å². The Labute approximate surface area is 128 Å². The van der Waals surface area contributed by atoms with Gasteiger partial charge in [0.1, 0.15) is 5.15 Å². The molecule has 21 heavy (non-hydrogen) atoms. The first-order chi connectivity index (χ1) is 10.0. The van der Waals surface area contributed by atoms with Crippen molar-refractivity contribution in [3.8, 4) is 0 Å². The molecule has 8 heteroatoms. The zero-order valence-corrected chi connectivity index (χ0v) is 13.0. The molecule has 0 aliphatic carbocycles. The summed E-state index contributed by atoms with van der Waals surface area (Å²) in [5.74, 6) is 0. The Kier molecular flexibility index (Phi) is 3.73. The van der Waals surface area contributed by atoms with Crippen molar-refractivity contribution in [2.45, 2.75) is 23.9 Å². The molecule has 6 nitrogen and oxygen atoms in total. The third kappa shape index (κ3) is 2.45. The van der Waals surface area contributed by atoms with Crippen molar-refractivity contribution in [3.63, 3.8) is 0 Å². The van der Waals surface area contributed by atoms with Crippen molar-refractivity contribution in [3.05, 3.63) is 41.6 Å². The summed E-state index contributed by atoms with van der Waals surface area (Å²) < 4.78 is 28.6. The number of aryl methyl sites for hydroxylation is 1. The molecule has 0 aromatic carbocycles. The van der Waals surface area contributed by atoms with E-state index in [0.717, 1.165) is 18.4 Å². The lowest BCUT2D eigenvalue weighted by Crippen LogP contribution is -2.31. The lowest BCUT2D eigenvalue weighted by molar-refractivity contribution is 0.395. The molecule has 0 radical (unpaired) electrons. The summed E-state index contributed by atoms with van der Waals surface area (Å²) in [6.07, 6.45) is 6.36. The van der Waals surface area contributed by atoms with Gasteiger partial charge in [0.2, 0.25) is 5.03 Å². The summed E-state index contributed by atoms with van der Waals surface area (Å²) in [6.45, 7) is 0.474. The smallest absolute Gasteiger partial charge is 0.264 e. The Morgan fingerprint density at radius 2 is 2.05 bits per heavy atom. The molecule has 0 N–H and O–H groups in total. The molecule has 3 rings (SSSR count). The molecule has 112 valence electrons. The Hall–Kier alpha value is -1.44. The minimum atomic E-state index is -3.70. The van der Waals surface area contributed by atoms with Crippen LogP contribution in [0.2, 0.25) is 5.15 Å². The van der Waals surface area contributed by atoms with Gasteiger partial charge in [0, 0.05) is 26.0 Å². The second kappa shape index (κ2) is 5.40. The van der Waals surface area contributed by atoms with E-state index in [-0.39, 0.29) is 16.2 Å². The highest BCUT2D eigenvalue weighted by atomic mass is 35.5. The predicted octanol–water partition coefficient (Wildman–Crippen LogP) is 1.99. The van der Waals surface area contributed by atoms with Crippen LogP contribution in [0.25, 0.3) is 0 Å². The van der Waals surface area contributed by atoms with Crippen molar-refractivity contribution in [2.75, 3.05) is 6.54 Å². The van der Waals surface area contributed by atoms with Gasteiger partial charge in [0.05, 0.1) is 12.4 Å².